The molecule has 0 aliphatic carbocycles. The highest BCUT2D eigenvalue weighted by molar-refractivity contribution is 7.14. The van der Waals surface area contributed by atoms with E-state index in [2.05, 4.69) is 15.0 Å². The van der Waals surface area contributed by atoms with Crippen molar-refractivity contribution in [3.63, 3.8) is 0 Å². The molecule has 1 N–H and O–H groups in total. The largest absolute Gasteiger partial charge is 0.469 e. The monoisotopic (exact) mass is 344 g/mol. The molecule has 0 fully saturated rings. The predicted octanol–water partition coefficient (Wildman–Crippen LogP) is 3.61. The van der Waals surface area contributed by atoms with Gasteiger partial charge in [-0.25, -0.2) is 4.98 Å². The molecule has 0 unspecified atom stereocenters. The zero-order valence-electron chi connectivity index (χ0n) is 11.2. The third-order valence-electron chi connectivity index (χ3n) is 2.64. The molecule has 0 radical (unpaired) electrons. The smallest absolute Gasteiger partial charge is 0.305 e. The SMILES string of the molecule is COC(=O)CCCc1csc(NC(=O)c2sccc2Cl)n1. The number of anilines is 1. The summed E-state index contributed by atoms with van der Waals surface area (Å²) < 4.78 is 4.57. The Morgan fingerprint density at radius 2 is 2.24 bits per heavy atom. The number of nitrogens with zero attached hydrogens (tertiary/aromatic N) is 1. The van der Waals surface area contributed by atoms with E-state index in [-0.39, 0.29) is 11.9 Å². The van der Waals surface area contributed by atoms with E-state index in [4.69, 9.17) is 11.6 Å². The fourth-order valence-corrected chi connectivity index (χ4v) is 3.38. The van der Waals surface area contributed by atoms with Gasteiger partial charge in [0.25, 0.3) is 5.91 Å². The minimum absolute atomic E-state index is 0.230. The lowest BCUT2D eigenvalue weighted by atomic mass is 10.2. The number of esters is 1. The molecule has 0 atom stereocenters. The van der Waals surface area contributed by atoms with Gasteiger partial charge in [-0.15, -0.1) is 22.7 Å². The van der Waals surface area contributed by atoms with Gasteiger partial charge in [-0.1, -0.05) is 11.6 Å². The predicted molar refractivity (Wildman–Crippen MR) is 84.4 cm³/mol. The molecule has 2 heterocycles. The molecule has 0 saturated heterocycles. The number of carbonyl (C=O) groups is 2. The normalized spacial score (nSPS) is 10.4. The molecule has 2 aromatic heterocycles. The zero-order chi connectivity index (χ0) is 15.2. The summed E-state index contributed by atoms with van der Waals surface area (Å²) >= 11 is 8.54. The average molecular weight is 345 g/mol. The average Bonchev–Trinajstić information content (AvgIpc) is 3.07. The van der Waals surface area contributed by atoms with Crippen molar-refractivity contribution in [1.29, 1.82) is 0 Å². The van der Waals surface area contributed by atoms with Crippen LogP contribution in [0.15, 0.2) is 16.8 Å². The van der Waals surface area contributed by atoms with E-state index in [1.54, 1.807) is 11.4 Å². The molecule has 2 aromatic rings. The number of ether oxygens (including phenoxy) is 1. The van der Waals surface area contributed by atoms with E-state index in [0.717, 1.165) is 5.69 Å². The van der Waals surface area contributed by atoms with Crippen LogP contribution < -0.4 is 5.32 Å². The van der Waals surface area contributed by atoms with Gasteiger partial charge in [0.15, 0.2) is 5.13 Å². The lowest BCUT2D eigenvalue weighted by Gasteiger charge is -1.99. The Morgan fingerprint density at radius 3 is 2.90 bits per heavy atom. The van der Waals surface area contributed by atoms with Crippen molar-refractivity contribution in [2.24, 2.45) is 0 Å². The number of thiophene rings is 1. The summed E-state index contributed by atoms with van der Waals surface area (Å²) in [5.74, 6) is -0.489. The highest BCUT2D eigenvalue weighted by Crippen LogP contribution is 2.24. The van der Waals surface area contributed by atoms with Crippen LogP contribution in [0.25, 0.3) is 0 Å². The summed E-state index contributed by atoms with van der Waals surface area (Å²) in [5, 5.41) is 7.31. The molecule has 0 bridgehead atoms. The Morgan fingerprint density at radius 1 is 1.43 bits per heavy atom. The molecule has 112 valence electrons. The Bertz CT molecular complexity index is 639. The number of aromatic nitrogens is 1. The van der Waals surface area contributed by atoms with E-state index in [0.29, 0.717) is 34.3 Å². The second-order valence-corrected chi connectivity index (χ2v) is 6.31. The lowest BCUT2D eigenvalue weighted by Crippen LogP contribution is -2.10. The molecule has 5 nitrogen and oxygen atoms in total. The minimum Gasteiger partial charge on any atom is -0.469 e. The zero-order valence-corrected chi connectivity index (χ0v) is 13.6. The van der Waals surface area contributed by atoms with Crippen molar-refractivity contribution in [3.05, 3.63) is 32.4 Å². The van der Waals surface area contributed by atoms with E-state index in [9.17, 15) is 9.59 Å². The molecule has 8 heteroatoms. The molecule has 0 saturated carbocycles. The third kappa shape index (κ3) is 4.52. The third-order valence-corrected chi connectivity index (χ3v) is 4.78. The maximum Gasteiger partial charge on any atom is 0.305 e. The first-order chi connectivity index (χ1) is 10.1. The highest BCUT2D eigenvalue weighted by atomic mass is 35.5. The lowest BCUT2D eigenvalue weighted by molar-refractivity contribution is -0.140. The Balaban J connectivity index is 1.87. The van der Waals surface area contributed by atoms with Crippen molar-refractivity contribution in [3.8, 4) is 0 Å². The summed E-state index contributed by atoms with van der Waals surface area (Å²) in [4.78, 5) is 27.8. The number of aryl methyl sites for hydroxylation is 1. The molecule has 21 heavy (non-hydrogen) atoms. The second-order valence-electron chi connectivity index (χ2n) is 4.13. The maximum absolute atomic E-state index is 12.0. The summed E-state index contributed by atoms with van der Waals surface area (Å²) in [5.41, 5.74) is 0.844. The second kappa shape index (κ2) is 7.53. The van der Waals surface area contributed by atoms with E-state index < -0.39 is 0 Å². The van der Waals surface area contributed by atoms with Crippen molar-refractivity contribution >= 4 is 51.3 Å². The summed E-state index contributed by atoms with van der Waals surface area (Å²) in [6, 6.07) is 1.68. The summed E-state index contributed by atoms with van der Waals surface area (Å²) in [6.45, 7) is 0. The molecule has 0 aliphatic rings. The molecular formula is C13H13ClN2O3S2. The molecule has 0 spiro atoms. The Kier molecular flexibility index (Phi) is 5.72. The topological polar surface area (TPSA) is 68.3 Å². The summed E-state index contributed by atoms with van der Waals surface area (Å²) in [6.07, 6.45) is 1.70. The number of amides is 1. The van der Waals surface area contributed by atoms with Crippen LogP contribution in [0.2, 0.25) is 5.02 Å². The van der Waals surface area contributed by atoms with Crippen LogP contribution in [0.5, 0.6) is 0 Å². The highest BCUT2D eigenvalue weighted by Gasteiger charge is 2.13. The van der Waals surface area contributed by atoms with Crippen molar-refractivity contribution < 1.29 is 14.3 Å². The standard InChI is InChI=1S/C13H13ClN2O3S2/c1-19-10(17)4-2-3-8-7-21-13(15-8)16-12(18)11-9(14)5-6-20-11/h5-7H,2-4H2,1H3,(H,15,16,18). The maximum atomic E-state index is 12.0. The first-order valence-electron chi connectivity index (χ1n) is 6.15. The minimum atomic E-state index is -0.259. The van der Waals surface area contributed by atoms with Crippen molar-refractivity contribution in [2.75, 3.05) is 12.4 Å². The van der Waals surface area contributed by atoms with Crippen LogP contribution in [0.1, 0.15) is 28.2 Å². The van der Waals surface area contributed by atoms with Crippen molar-refractivity contribution in [1.82, 2.24) is 4.98 Å². The molecule has 0 aromatic carbocycles. The van der Waals surface area contributed by atoms with Crippen molar-refractivity contribution in [2.45, 2.75) is 19.3 Å². The van der Waals surface area contributed by atoms with Gasteiger partial charge in [0.1, 0.15) is 4.88 Å². The molecular weight excluding hydrogens is 332 g/mol. The van der Waals surface area contributed by atoms with Gasteiger partial charge in [0.05, 0.1) is 17.8 Å². The Hall–Kier alpha value is -1.44. The van der Waals surface area contributed by atoms with Gasteiger partial charge >= 0.3 is 5.97 Å². The van der Waals surface area contributed by atoms with Gasteiger partial charge in [-0.2, -0.15) is 0 Å². The van der Waals surface area contributed by atoms with Gasteiger partial charge in [-0.3, -0.25) is 14.9 Å². The number of carbonyl (C=O) groups excluding carboxylic acids is 2. The van der Waals surface area contributed by atoms with Gasteiger partial charge in [-0.05, 0) is 24.3 Å². The van der Waals surface area contributed by atoms with Crippen LogP contribution in [-0.2, 0) is 16.0 Å². The number of hydrogen-bond acceptors (Lipinski definition) is 6. The quantitative estimate of drug-likeness (QED) is 0.813. The van der Waals surface area contributed by atoms with E-state index >= 15 is 0 Å². The molecule has 0 aliphatic heterocycles. The number of nitrogens with one attached hydrogen (secondary N) is 1. The molecule has 2 rings (SSSR count). The number of hydrogen-bond donors (Lipinski definition) is 1. The van der Waals surface area contributed by atoms with Crippen LogP contribution in [0, 0.1) is 0 Å². The van der Waals surface area contributed by atoms with Gasteiger partial charge < -0.3 is 4.74 Å². The van der Waals surface area contributed by atoms with E-state index in [1.807, 2.05) is 5.38 Å². The first kappa shape index (κ1) is 15.9. The van der Waals surface area contributed by atoms with Crippen LogP contribution >= 0.6 is 34.3 Å². The van der Waals surface area contributed by atoms with Gasteiger partial charge in [0.2, 0.25) is 0 Å². The van der Waals surface area contributed by atoms with Gasteiger partial charge in [0, 0.05) is 11.8 Å². The molecule has 1 amide bonds. The fraction of sp³-hybridized carbons (Fsp3) is 0.308. The summed E-state index contributed by atoms with van der Waals surface area (Å²) in [7, 11) is 1.37. The number of halogens is 1. The van der Waals surface area contributed by atoms with E-state index in [1.165, 1.54) is 29.8 Å². The fourth-order valence-electron chi connectivity index (χ4n) is 1.60. The first-order valence-corrected chi connectivity index (χ1v) is 8.29. The van der Waals surface area contributed by atoms with Crippen LogP contribution in [-0.4, -0.2) is 24.0 Å². The number of thiazole rings is 1. The number of methoxy groups -OCH3 is 1. The number of rotatable bonds is 6. The Labute approximate surface area is 134 Å². The van der Waals surface area contributed by atoms with Crippen LogP contribution in [0.3, 0.4) is 0 Å². The van der Waals surface area contributed by atoms with Crippen LogP contribution in [0.4, 0.5) is 5.13 Å².